The van der Waals surface area contributed by atoms with Crippen LogP contribution in [0.4, 0.5) is 8.78 Å². The Morgan fingerprint density at radius 1 is 1.12 bits per heavy atom. The summed E-state index contributed by atoms with van der Waals surface area (Å²) in [5.41, 5.74) is 2.60. The average molecular weight is 329 g/mol. The van der Waals surface area contributed by atoms with Crippen molar-refractivity contribution in [3.05, 3.63) is 75.7 Å². The molecule has 0 saturated heterocycles. The maximum absolute atomic E-state index is 13.2. The number of amides is 1. The van der Waals surface area contributed by atoms with Gasteiger partial charge in [-0.05, 0) is 30.7 Å². The summed E-state index contributed by atoms with van der Waals surface area (Å²) >= 11 is 0. The highest BCUT2D eigenvalue weighted by Crippen LogP contribution is 2.12. The molecule has 0 aliphatic carbocycles. The van der Waals surface area contributed by atoms with E-state index in [9.17, 15) is 18.4 Å². The van der Waals surface area contributed by atoms with Crippen LogP contribution in [0.25, 0.3) is 10.8 Å². The first-order chi connectivity index (χ1) is 11.4. The lowest BCUT2D eigenvalue weighted by Crippen LogP contribution is -2.36. The maximum Gasteiger partial charge on any atom is 0.294 e. The van der Waals surface area contributed by atoms with Gasteiger partial charge in [0.15, 0.2) is 0 Å². The number of carbonyl (C=O) groups excluding carboxylic acids is 1. The van der Waals surface area contributed by atoms with Crippen molar-refractivity contribution in [3.8, 4) is 0 Å². The molecular formula is C17H13F2N3O2. The number of nitrogens with zero attached hydrogens (tertiary/aromatic N) is 2. The standard InChI is InChI=1S/C17H13F2N3O2/c1-10-14-4-2-3-5-15(14)17(24)22(20-10)21-16(23)8-11-6-12(18)9-13(19)7-11/h2-7,9H,8H2,1H3,(H,21,23). The highest BCUT2D eigenvalue weighted by Gasteiger charge is 2.11. The van der Waals surface area contributed by atoms with Crippen LogP contribution < -0.4 is 11.0 Å². The molecule has 0 aliphatic rings. The third-order valence-electron chi connectivity index (χ3n) is 3.51. The predicted octanol–water partition coefficient (Wildman–Crippen LogP) is 2.30. The summed E-state index contributed by atoms with van der Waals surface area (Å²) in [6.07, 6.45) is -0.283. The Balaban J connectivity index is 1.88. The molecule has 0 bridgehead atoms. The van der Waals surface area contributed by atoms with Crippen molar-refractivity contribution in [2.24, 2.45) is 0 Å². The number of aryl methyl sites for hydroxylation is 1. The molecule has 0 spiro atoms. The van der Waals surface area contributed by atoms with Gasteiger partial charge in [-0.15, -0.1) is 4.79 Å². The SMILES string of the molecule is Cc1nn(NC(=O)Cc2cc(F)cc(F)c2)c(=O)c2ccccc12. The zero-order valence-electron chi connectivity index (χ0n) is 12.7. The molecule has 1 amide bonds. The Labute approximate surface area is 135 Å². The first-order valence-corrected chi connectivity index (χ1v) is 7.17. The molecule has 0 aliphatic heterocycles. The van der Waals surface area contributed by atoms with Crippen molar-refractivity contribution < 1.29 is 13.6 Å². The monoisotopic (exact) mass is 329 g/mol. The minimum atomic E-state index is -0.769. The number of fused-ring (bicyclic) bond motifs is 1. The van der Waals surface area contributed by atoms with Gasteiger partial charge in [0.2, 0.25) is 5.91 Å². The molecule has 3 aromatic rings. The van der Waals surface area contributed by atoms with E-state index in [1.807, 2.05) is 0 Å². The molecule has 0 atom stereocenters. The second-order valence-corrected chi connectivity index (χ2v) is 5.34. The van der Waals surface area contributed by atoms with Crippen LogP contribution >= 0.6 is 0 Å². The number of aromatic nitrogens is 2. The fourth-order valence-corrected chi connectivity index (χ4v) is 2.48. The van der Waals surface area contributed by atoms with Crippen molar-refractivity contribution >= 4 is 16.7 Å². The average Bonchev–Trinajstić information content (AvgIpc) is 2.51. The van der Waals surface area contributed by atoms with Gasteiger partial charge in [0.05, 0.1) is 17.5 Å². The second-order valence-electron chi connectivity index (χ2n) is 5.34. The predicted molar refractivity (Wildman–Crippen MR) is 85.2 cm³/mol. The Hall–Kier alpha value is -3.09. The van der Waals surface area contributed by atoms with Gasteiger partial charge in [-0.2, -0.15) is 5.10 Å². The lowest BCUT2D eigenvalue weighted by Gasteiger charge is -2.10. The van der Waals surface area contributed by atoms with E-state index in [-0.39, 0.29) is 12.0 Å². The van der Waals surface area contributed by atoms with E-state index >= 15 is 0 Å². The summed E-state index contributed by atoms with van der Waals surface area (Å²) in [5.74, 6) is -2.14. The molecule has 1 aromatic heterocycles. The van der Waals surface area contributed by atoms with Crippen LogP contribution in [-0.4, -0.2) is 15.8 Å². The van der Waals surface area contributed by atoms with Crippen LogP contribution in [0.2, 0.25) is 0 Å². The molecule has 0 fully saturated rings. The molecule has 3 rings (SSSR count). The third kappa shape index (κ3) is 3.15. The quantitative estimate of drug-likeness (QED) is 0.802. The molecule has 122 valence electrons. The Bertz CT molecular complexity index is 979. The summed E-state index contributed by atoms with van der Waals surface area (Å²) in [6, 6.07) is 9.75. The van der Waals surface area contributed by atoms with E-state index in [0.29, 0.717) is 16.5 Å². The van der Waals surface area contributed by atoms with E-state index in [4.69, 9.17) is 0 Å². The van der Waals surface area contributed by atoms with Gasteiger partial charge in [-0.3, -0.25) is 9.59 Å². The maximum atomic E-state index is 13.2. The van der Waals surface area contributed by atoms with E-state index in [1.165, 1.54) is 0 Å². The normalized spacial score (nSPS) is 10.8. The van der Waals surface area contributed by atoms with Gasteiger partial charge >= 0.3 is 0 Å². The van der Waals surface area contributed by atoms with Crippen molar-refractivity contribution in [1.82, 2.24) is 9.89 Å². The van der Waals surface area contributed by atoms with Gasteiger partial charge in [0.25, 0.3) is 5.56 Å². The molecule has 24 heavy (non-hydrogen) atoms. The van der Waals surface area contributed by atoms with E-state index in [2.05, 4.69) is 10.5 Å². The molecule has 7 heteroatoms. The molecule has 1 N–H and O–H groups in total. The number of benzene rings is 2. The molecular weight excluding hydrogens is 316 g/mol. The summed E-state index contributed by atoms with van der Waals surface area (Å²) in [5, 5.41) is 5.15. The van der Waals surface area contributed by atoms with E-state index in [0.717, 1.165) is 23.0 Å². The molecule has 0 unspecified atom stereocenters. The molecule has 5 nitrogen and oxygen atoms in total. The van der Waals surface area contributed by atoms with E-state index < -0.39 is 23.1 Å². The van der Waals surface area contributed by atoms with Crippen molar-refractivity contribution in [1.29, 1.82) is 0 Å². The van der Waals surface area contributed by atoms with E-state index in [1.54, 1.807) is 31.2 Å². The lowest BCUT2D eigenvalue weighted by molar-refractivity contribution is -0.116. The minimum absolute atomic E-state index is 0.163. The van der Waals surface area contributed by atoms with Crippen LogP contribution in [-0.2, 0) is 11.2 Å². The number of rotatable bonds is 3. The van der Waals surface area contributed by atoms with Gasteiger partial charge in [-0.1, -0.05) is 18.2 Å². The van der Waals surface area contributed by atoms with Gasteiger partial charge in [-0.25, -0.2) is 14.2 Å². The van der Waals surface area contributed by atoms with Crippen LogP contribution in [0, 0.1) is 18.6 Å². The summed E-state index contributed by atoms with van der Waals surface area (Å²) in [4.78, 5) is 25.2. The third-order valence-corrected chi connectivity index (χ3v) is 3.51. The lowest BCUT2D eigenvalue weighted by atomic mass is 10.1. The van der Waals surface area contributed by atoms with Crippen LogP contribution in [0.5, 0.6) is 0 Å². The Morgan fingerprint density at radius 3 is 2.42 bits per heavy atom. The number of carbonyl (C=O) groups is 1. The topological polar surface area (TPSA) is 64.0 Å². The highest BCUT2D eigenvalue weighted by molar-refractivity contribution is 5.87. The largest absolute Gasteiger partial charge is 0.294 e. The molecule has 2 aromatic carbocycles. The minimum Gasteiger partial charge on any atom is -0.273 e. The number of hydrogen-bond acceptors (Lipinski definition) is 3. The first kappa shape index (κ1) is 15.8. The summed E-state index contributed by atoms with van der Waals surface area (Å²) in [6.45, 7) is 1.71. The summed E-state index contributed by atoms with van der Waals surface area (Å²) in [7, 11) is 0. The van der Waals surface area contributed by atoms with Gasteiger partial charge < -0.3 is 0 Å². The van der Waals surface area contributed by atoms with Gasteiger partial charge in [0, 0.05) is 11.5 Å². The van der Waals surface area contributed by atoms with Crippen molar-refractivity contribution in [3.63, 3.8) is 0 Å². The zero-order chi connectivity index (χ0) is 17.3. The molecule has 0 saturated carbocycles. The van der Waals surface area contributed by atoms with Crippen molar-refractivity contribution in [2.75, 3.05) is 5.43 Å². The Kier molecular flexibility index (Phi) is 4.07. The molecule has 1 heterocycles. The van der Waals surface area contributed by atoms with Crippen LogP contribution in [0.1, 0.15) is 11.3 Å². The van der Waals surface area contributed by atoms with Crippen LogP contribution in [0.15, 0.2) is 47.3 Å². The zero-order valence-corrected chi connectivity index (χ0v) is 12.7. The Morgan fingerprint density at radius 2 is 1.75 bits per heavy atom. The number of hydrogen-bond donors (Lipinski definition) is 1. The second kappa shape index (κ2) is 6.19. The fourth-order valence-electron chi connectivity index (χ4n) is 2.48. The first-order valence-electron chi connectivity index (χ1n) is 7.17. The number of halogens is 2. The summed E-state index contributed by atoms with van der Waals surface area (Å²) < 4.78 is 26.3. The smallest absolute Gasteiger partial charge is 0.273 e. The highest BCUT2D eigenvalue weighted by atomic mass is 19.1. The number of nitrogens with one attached hydrogen (secondary N) is 1. The molecule has 0 radical (unpaired) electrons. The van der Waals surface area contributed by atoms with Crippen LogP contribution in [0.3, 0.4) is 0 Å². The van der Waals surface area contributed by atoms with Gasteiger partial charge in [0.1, 0.15) is 11.6 Å². The van der Waals surface area contributed by atoms with Crippen molar-refractivity contribution in [2.45, 2.75) is 13.3 Å². The fraction of sp³-hybridized carbons (Fsp3) is 0.118.